The maximum absolute atomic E-state index is 10.6. The summed E-state index contributed by atoms with van der Waals surface area (Å²) < 4.78 is 0. The van der Waals surface area contributed by atoms with Crippen LogP contribution in [0.15, 0.2) is 36.5 Å². The Bertz CT molecular complexity index is 562. The van der Waals surface area contributed by atoms with Crippen molar-refractivity contribution in [3.05, 3.63) is 57.4 Å². The molecule has 0 aliphatic rings. The van der Waals surface area contributed by atoms with E-state index in [1.165, 1.54) is 12.1 Å². The Balaban J connectivity index is 2.08. The van der Waals surface area contributed by atoms with Crippen molar-refractivity contribution in [2.45, 2.75) is 6.54 Å². The minimum atomic E-state index is -0.488. The summed E-state index contributed by atoms with van der Waals surface area (Å²) in [5.74, 6) is 0. The van der Waals surface area contributed by atoms with Gasteiger partial charge in [0.05, 0.1) is 27.9 Å². The molecule has 1 aromatic heterocycles. The number of hydrogen-bond acceptors (Lipinski definition) is 5. The standard InChI is InChI=1S/C11H9ClN4O2/c12-10-6-9(16(17)18)3-4-11(10)13-7-8-2-1-5-14-15-8/h1-6,13H,7H2. The molecule has 1 N–H and O–H groups in total. The molecule has 0 radical (unpaired) electrons. The first-order valence-electron chi connectivity index (χ1n) is 5.11. The monoisotopic (exact) mass is 264 g/mol. The topological polar surface area (TPSA) is 81.0 Å². The number of anilines is 1. The van der Waals surface area contributed by atoms with Crippen molar-refractivity contribution >= 4 is 23.0 Å². The maximum Gasteiger partial charge on any atom is 0.271 e. The van der Waals surface area contributed by atoms with Gasteiger partial charge in [-0.2, -0.15) is 10.2 Å². The van der Waals surface area contributed by atoms with Gasteiger partial charge in [-0.15, -0.1) is 0 Å². The number of non-ortho nitro benzene ring substituents is 1. The molecule has 2 rings (SSSR count). The first-order valence-corrected chi connectivity index (χ1v) is 5.49. The van der Waals surface area contributed by atoms with E-state index in [1.807, 2.05) is 6.07 Å². The van der Waals surface area contributed by atoms with Gasteiger partial charge in [-0.3, -0.25) is 10.1 Å². The number of rotatable bonds is 4. The zero-order chi connectivity index (χ0) is 13.0. The molecule has 2 aromatic rings. The number of nitro benzene ring substituents is 1. The lowest BCUT2D eigenvalue weighted by molar-refractivity contribution is -0.384. The molecule has 0 unspecified atom stereocenters. The highest BCUT2D eigenvalue weighted by Gasteiger charge is 2.09. The number of nitro groups is 1. The number of aromatic nitrogens is 2. The molecule has 0 atom stereocenters. The Hall–Kier alpha value is -2.21. The van der Waals surface area contributed by atoms with Crippen LogP contribution < -0.4 is 5.32 Å². The fraction of sp³-hybridized carbons (Fsp3) is 0.0909. The van der Waals surface area contributed by atoms with Crippen molar-refractivity contribution in [1.29, 1.82) is 0 Å². The molecule has 0 amide bonds. The molecule has 92 valence electrons. The molecule has 0 spiro atoms. The Morgan fingerprint density at radius 1 is 1.39 bits per heavy atom. The van der Waals surface area contributed by atoms with Crippen LogP contribution in [0.2, 0.25) is 5.02 Å². The largest absolute Gasteiger partial charge is 0.378 e. The van der Waals surface area contributed by atoms with Gasteiger partial charge in [-0.05, 0) is 18.2 Å². The van der Waals surface area contributed by atoms with Crippen molar-refractivity contribution in [3.63, 3.8) is 0 Å². The van der Waals surface area contributed by atoms with Gasteiger partial charge in [0.2, 0.25) is 0 Å². The Kier molecular flexibility index (Phi) is 3.69. The predicted octanol–water partition coefficient (Wildman–Crippen LogP) is 2.65. The molecular weight excluding hydrogens is 256 g/mol. The molecule has 0 bridgehead atoms. The zero-order valence-electron chi connectivity index (χ0n) is 9.21. The fourth-order valence-electron chi connectivity index (χ4n) is 1.37. The molecule has 7 heteroatoms. The van der Waals surface area contributed by atoms with Crippen molar-refractivity contribution in [3.8, 4) is 0 Å². The number of nitrogens with one attached hydrogen (secondary N) is 1. The smallest absolute Gasteiger partial charge is 0.271 e. The molecule has 6 nitrogen and oxygen atoms in total. The lowest BCUT2D eigenvalue weighted by Crippen LogP contribution is -2.02. The van der Waals surface area contributed by atoms with E-state index in [0.717, 1.165) is 5.69 Å². The lowest BCUT2D eigenvalue weighted by atomic mass is 10.2. The van der Waals surface area contributed by atoms with E-state index in [1.54, 1.807) is 18.3 Å². The van der Waals surface area contributed by atoms with Crippen LogP contribution in [0.1, 0.15) is 5.69 Å². The highest BCUT2D eigenvalue weighted by molar-refractivity contribution is 6.33. The summed E-state index contributed by atoms with van der Waals surface area (Å²) in [5, 5.41) is 21.5. The van der Waals surface area contributed by atoms with Crippen molar-refractivity contribution in [2.75, 3.05) is 5.32 Å². The van der Waals surface area contributed by atoms with E-state index in [-0.39, 0.29) is 5.69 Å². The SMILES string of the molecule is O=[N+]([O-])c1ccc(NCc2cccnn2)c(Cl)c1. The van der Waals surface area contributed by atoms with E-state index in [9.17, 15) is 10.1 Å². The summed E-state index contributed by atoms with van der Waals surface area (Å²) in [6.45, 7) is 0.450. The molecule has 18 heavy (non-hydrogen) atoms. The summed E-state index contributed by atoms with van der Waals surface area (Å²) in [4.78, 5) is 10.1. The summed E-state index contributed by atoms with van der Waals surface area (Å²) in [6.07, 6.45) is 1.59. The molecule has 1 heterocycles. The third-order valence-electron chi connectivity index (χ3n) is 2.25. The summed E-state index contributed by atoms with van der Waals surface area (Å²) in [6, 6.07) is 7.86. The average Bonchev–Trinajstić information content (AvgIpc) is 2.38. The third-order valence-corrected chi connectivity index (χ3v) is 2.56. The number of benzene rings is 1. The second kappa shape index (κ2) is 5.42. The highest BCUT2D eigenvalue weighted by atomic mass is 35.5. The highest BCUT2D eigenvalue weighted by Crippen LogP contribution is 2.26. The van der Waals surface area contributed by atoms with Gasteiger partial charge >= 0.3 is 0 Å². The van der Waals surface area contributed by atoms with Gasteiger partial charge in [0.25, 0.3) is 5.69 Å². The first-order chi connectivity index (χ1) is 8.66. The molecule has 0 aliphatic heterocycles. The summed E-state index contributed by atoms with van der Waals surface area (Å²) in [7, 11) is 0. The molecule has 1 aromatic carbocycles. The van der Waals surface area contributed by atoms with Crippen LogP contribution in [0.4, 0.5) is 11.4 Å². The van der Waals surface area contributed by atoms with Crippen LogP contribution >= 0.6 is 11.6 Å². The fourth-order valence-corrected chi connectivity index (χ4v) is 1.62. The first kappa shape index (κ1) is 12.3. The molecular formula is C11H9ClN4O2. The number of nitrogens with zero attached hydrogens (tertiary/aromatic N) is 3. The number of halogens is 1. The van der Waals surface area contributed by atoms with E-state index in [2.05, 4.69) is 15.5 Å². The summed E-state index contributed by atoms with van der Waals surface area (Å²) in [5.41, 5.74) is 1.34. The van der Waals surface area contributed by atoms with Crippen LogP contribution in [-0.4, -0.2) is 15.1 Å². The van der Waals surface area contributed by atoms with Crippen LogP contribution in [-0.2, 0) is 6.54 Å². The van der Waals surface area contributed by atoms with Crippen LogP contribution in [0.25, 0.3) is 0 Å². The van der Waals surface area contributed by atoms with Gasteiger partial charge in [0.15, 0.2) is 0 Å². The van der Waals surface area contributed by atoms with Crippen LogP contribution in [0, 0.1) is 10.1 Å². The van der Waals surface area contributed by atoms with Gasteiger partial charge in [0.1, 0.15) is 0 Å². The number of hydrogen-bond donors (Lipinski definition) is 1. The minimum absolute atomic E-state index is 0.0370. The quantitative estimate of drug-likeness (QED) is 0.678. The van der Waals surface area contributed by atoms with E-state index < -0.39 is 4.92 Å². The normalized spacial score (nSPS) is 10.1. The third kappa shape index (κ3) is 2.92. The Morgan fingerprint density at radius 2 is 2.22 bits per heavy atom. The van der Waals surface area contributed by atoms with Gasteiger partial charge < -0.3 is 5.32 Å². The van der Waals surface area contributed by atoms with Gasteiger partial charge in [0, 0.05) is 18.3 Å². The van der Waals surface area contributed by atoms with Crippen LogP contribution in [0.5, 0.6) is 0 Å². The van der Waals surface area contributed by atoms with Gasteiger partial charge in [-0.1, -0.05) is 11.6 Å². The molecule has 0 aliphatic carbocycles. The van der Waals surface area contributed by atoms with Gasteiger partial charge in [-0.25, -0.2) is 0 Å². The van der Waals surface area contributed by atoms with Crippen LogP contribution in [0.3, 0.4) is 0 Å². The van der Waals surface area contributed by atoms with E-state index in [0.29, 0.717) is 17.3 Å². The maximum atomic E-state index is 10.6. The Labute approximate surface area is 108 Å². The minimum Gasteiger partial charge on any atom is -0.378 e. The molecule has 0 fully saturated rings. The zero-order valence-corrected chi connectivity index (χ0v) is 9.96. The van der Waals surface area contributed by atoms with E-state index in [4.69, 9.17) is 11.6 Å². The second-order valence-electron chi connectivity index (χ2n) is 3.49. The molecule has 0 saturated heterocycles. The lowest BCUT2D eigenvalue weighted by Gasteiger charge is -2.07. The second-order valence-corrected chi connectivity index (χ2v) is 3.90. The van der Waals surface area contributed by atoms with E-state index >= 15 is 0 Å². The molecule has 0 saturated carbocycles. The Morgan fingerprint density at radius 3 is 2.83 bits per heavy atom. The van der Waals surface area contributed by atoms with Crippen molar-refractivity contribution < 1.29 is 4.92 Å². The van der Waals surface area contributed by atoms with Crippen molar-refractivity contribution in [2.24, 2.45) is 0 Å². The average molecular weight is 265 g/mol. The predicted molar refractivity (Wildman–Crippen MR) is 67.5 cm³/mol. The summed E-state index contributed by atoms with van der Waals surface area (Å²) >= 11 is 5.94. The van der Waals surface area contributed by atoms with Crippen molar-refractivity contribution in [1.82, 2.24) is 10.2 Å².